The van der Waals surface area contributed by atoms with Gasteiger partial charge in [-0.2, -0.15) is 0 Å². The highest BCUT2D eigenvalue weighted by Crippen LogP contribution is 2.31. The number of carbonyl (C=O) groups is 1. The van der Waals surface area contributed by atoms with Crippen LogP contribution in [0.1, 0.15) is 40.6 Å². The summed E-state index contributed by atoms with van der Waals surface area (Å²) >= 11 is 0. The predicted octanol–water partition coefficient (Wildman–Crippen LogP) is 3.33. The largest absolute Gasteiger partial charge is 0.496 e. The molecule has 34 heavy (non-hydrogen) atoms. The number of likely N-dealkylation sites (tertiary alicyclic amines) is 1. The number of rotatable bonds is 10. The van der Waals surface area contributed by atoms with Gasteiger partial charge in [0, 0.05) is 17.7 Å². The third-order valence-corrected chi connectivity index (χ3v) is 7.40. The second kappa shape index (κ2) is 10.9. The Morgan fingerprint density at radius 2 is 1.79 bits per heavy atom. The van der Waals surface area contributed by atoms with Gasteiger partial charge in [-0.1, -0.05) is 18.2 Å². The van der Waals surface area contributed by atoms with Gasteiger partial charge in [0.1, 0.15) is 11.5 Å². The molecule has 1 saturated heterocycles. The molecule has 0 radical (unpaired) electrons. The van der Waals surface area contributed by atoms with E-state index in [2.05, 4.69) is 14.9 Å². The molecule has 8 nitrogen and oxygen atoms in total. The summed E-state index contributed by atoms with van der Waals surface area (Å²) in [5.41, 5.74) is 1.43. The van der Waals surface area contributed by atoms with E-state index in [1.54, 1.807) is 19.2 Å². The Balaban J connectivity index is 1.42. The highest BCUT2D eigenvalue weighted by atomic mass is 32.2. The summed E-state index contributed by atoms with van der Waals surface area (Å²) in [5, 5.41) is 3.01. The minimum atomic E-state index is -3.72. The zero-order chi connectivity index (χ0) is 24.0. The first-order chi connectivity index (χ1) is 16.5. The van der Waals surface area contributed by atoms with Crippen molar-refractivity contribution in [1.82, 2.24) is 14.9 Å². The first-order valence-corrected chi connectivity index (χ1v) is 12.7. The van der Waals surface area contributed by atoms with Crippen LogP contribution in [-0.4, -0.2) is 46.0 Å². The van der Waals surface area contributed by atoms with Gasteiger partial charge in [-0.15, -0.1) is 0 Å². The monoisotopic (exact) mass is 483 g/mol. The molecular formula is C25H29N3O5S. The summed E-state index contributed by atoms with van der Waals surface area (Å²) in [4.78, 5) is 15.3. The molecule has 0 aliphatic carbocycles. The zero-order valence-corrected chi connectivity index (χ0v) is 19.9. The Labute approximate surface area is 200 Å². The van der Waals surface area contributed by atoms with Crippen molar-refractivity contribution in [3.05, 3.63) is 83.8 Å². The van der Waals surface area contributed by atoms with E-state index in [1.807, 2.05) is 24.3 Å². The molecule has 2 N–H and O–H groups in total. The number of nitrogens with one attached hydrogen (secondary N) is 2. The Hall–Kier alpha value is -3.14. The number of nitrogens with zero attached hydrogens (tertiary/aromatic N) is 1. The van der Waals surface area contributed by atoms with Gasteiger partial charge in [-0.05, 0) is 68.4 Å². The number of benzene rings is 2. The quantitative estimate of drug-likeness (QED) is 0.459. The van der Waals surface area contributed by atoms with E-state index in [9.17, 15) is 13.2 Å². The highest BCUT2D eigenvalue weighted by molar-refractivity contribution is 7.89. The van der Waals surface area contributed by atoms with Crippen LogP contribution >= 0.6 is 0 Å². The molecular weight excluding hydrogens is 454 g/mol. The van der Waals surface area contributed by atoms with Crippen molar-refractivity contribution in [2.24, 2.45) is 0 Å². The first-order valence-electron chi connectivity index (χ1n) is 11.3. The van der Waals surface area contributed by atoms with Crippen molar-refractivity contribution in [2.75, 3.05) is 26.7 Å². The van der Waals surface area contributed by atoms with E-state index in [-0.39, 0.29) is 23.4 Å². The van der Waals surface area contributed by atoms with Gasteiger partial charge in [0.15, 0.2) is 0 Å². The van der Waals surface area contributed by atoms with Crippen LogP contribution in [0.25, 0.3) is 0 Å². The Morgan fingerprint density at radius 3 is 2.47 bits per heavy atom. The molecule has 1 amide bonds. The molecule has 1 aliphatic heterocycles. The van der Waals surface area contributed by atoms with Crippen molar-refractivity contribution in [3.63, 3.8) is 0 Å². The lowest BCUT2D eigenvalue weighted by molar-refractivity contribution is 0.0937. The van der Waals surface area contributed by atoms with Crippen LogP contribution in [0.4, 0.5) is 0 Å². The third kappa shape index (κ3) is 5.67. The SMILES string of the molecule is COc1ccccc1C(CNC(=O)c1ccc(S(=O)(=O)NCc2ccco2)cc1)N1CCCC1. The fourth-order valence-corrected chi connectivity index (χ4v) is 5.16. The summed E-state index contributed by atoms with van der Waals surface area (Å²) in [7, 11) is -2.07. The van der Waals surface area contributed by atoms with Crippen LogP contribution < -0.4 is 14.8 Å². The Kier molecular flexibility index (Phi) is 7.66. The lowest BCUT2D eigenvalue weighted by atomic mass is 10.0. The predicted molar refractivity (Wildman–Crippen MR) is 128 cm³/mol. The Bertz CT molecular complexity index is 1190. The maximum Gasteiger partial charge on any atom is 0.251 e. The van der Waals surface area contributed by atoms with E-state index in [0.717, 1.165) is 37.2 Å². The van der Waals surface area contributed by atoms with Crippen LogP contribution in [0.5, 0.6) is 5.75 Å². The highest BCUT2D eigenvalue weighted by Gasteiger charge is 2.26. The smallest absolute Gasteiger partial charge is 0.251 e. The van der Waals surface area contributed by atoms with Crippen LogP contribution in [-0.2, 0) is 16.6 Å². The maximum absolute atomic E-state index is 12.9. The van der Waals surface area contributed by atoms with Crippen molar-refractivity contribution in [1.29, 1.82) is 0 Å². The number of ether oxygens (including phenoxy) is 1. The first kappa shape index (κ1) is 24.0. The number of amides is 1. The van der Waals surface area contributed by atoms with Gasteiger partial charge in [0.05, 0.1) is 30.9 Å². The van der Waals surface area contributed by atoms with Crippen LogP contribution in [0, 0.1) is 0 Å². The van der Waals surface area contributed by atoms with Gasteiger partial charge >= 0.3 is 0 Å². The fraction of sp³-hybridized carbons (Fsp3) is 0.320. The zero-order valence-electron chi connectivity index (χ0n) is 19.1. The number of furan rings is 1. The van der Waals surface area contributed by atoms with Gasteiger partial charge in [-0.25, -0.2) is 13.1 Å². The van der Waals surface area contributed by atoms with Crippen LogP contribution in [0.15, 0.2) is 76.2 Å². The van der Waals surface area contributed by atoms with E-state index >= 15 is 0 Å². The molecule has 180 valence electrons. The lowest BCUT2D eigenvalue weighted by Crippen LogP contribution is -2.37. The molecule has 1 unspecified atom stereocenters. The summed E-state index contributed by atoms with van der Waals surface area (Å²) in [6, 6.07) is 17.1. The van der Waals surface area contributed by atoms with E-state index in [1.165, 1.54) is 30.5 Å². The Morgan fingerprint density at radius 1 is 1.06 bits per heavy atom. The lowest BCUT2D eigenvalue weighted by Gasteiger charge is -2.29. The molecule has 1 atom stereocenters. The van der Waals surface area contributed by atoms with Gasteiger partial charge in [-0.3, -0.25) is 9.69 Å². The number of sulfonamides is 1. The van der Waals surface area contributed by atoms with Crippen LogP contribution in [0.3, 0.4) is 0 Å². The number of methoxy groups -OCH3 is 1. The standard InChI is InChI=1S/C25H29N3O5S/c1-32-24-9-3-2-8-22(24)23(28-14-4-5-15-28)18-26-25(29)19-10-12-21(13-11-19)34(30,31)27-17-20-7-6-16-33-20/h2-3,6-13,16,23,27H,4-5,14-15,17-18H2,1H3,(H,26,29). The second-order valence-corrected chi connectivity index (χ2v) is 9.91. The average Bonchev–Trinajstić information content (AvgIpc) is 3.58. The van der Waals surface area contributed by atoms with Crippen molar-refractivity contribution in [3.8, 4) is 5.75 Å². The third-order valence-electron chi connectivity index (χ3n) is 5.98. The number of para-hydroxylation sites is 1. The summed E-state index contributed by atoms with van der Waals surface area (Å²) in [6.07, 6.45) is 3.74. The minimum absolute atomic E-state index is 0.00643. The topological polar surface area (TPSA) is 101 Å². The fourth-order valence-electron chi connectivity index (χ4n) is 4.17. The summed E-state index contributed by atoms with van der Waals surface area (Å²) < 4.78 is 38.2. The van der Waals surface area contributed by atoms with Crippen molar-refractivity contribution < 1.29 is 22.4 Å². The normalized spacial score (nSPS) is 15.2. The summed E-state index contributed by atoms with van der Waals surface area (Å²) in [6.45, 7) is 2.41. The molecule has 3 aromatic rings. The molecule has 1 fully saturated rings. The number of hydrogen-bond donors (Lipinski definition) is 2. The molecule has 9 heteroatoms. The minimum Gasteiger partial charge on any atom is -0.496 e. The van der Waals surface area contributed by atoms with Gasteiger partial charge < -0.3 is 14.5 Å². The van der Waals surface area contributed by atoms with Crippen LogP contribution in [0.2, 0.25) is 0 Å². The maximum atomic E-state index is 12.9. The molecule has 0 saturated carbocycles. The molecule has 2 heterocycles. The molecule has 1 aromatic heterocycles. The molecule has 1 aliphatic rings. The molecule has 0 spiro atoms. The van der Waals surface area contributed by atoms with E-state index in [4.69, 9.17) is 9.15 Å². The number of carbonyl (C=O) groups excluding carboxylic acids is 1. The van der Waals surface area contributed by atoms with Gasteiger partial charge in [0.2, 0.25) is 10.0 Å². The van der Waals surface area contributed by atoms with E-state index in [0.29, 0.717) is 17.9 Å². The molecule has 4 rings (SSSR count). The molecule has 0 bridgehead atoms. The molecule has 2 aromatic carbocycles. The van der Waals surface area contributed by atoms with Crippen molar-refractivity contribution >= 4 is 15.9 Å². The van der Waals surface area contributed by atoms with Gasteiger partial charge in [0.25, 0.3) is 5.91 Å². The van der Waals surface area contributed by atoms with E-state index < -0.39 is 10.0 Å². The summed E-state index contributed by atoms with van der Waals surface area (Å²) in [5.74, 6) is 1.05. The second-order valence-electron chi connectivity index (χ2n) is 8.14. The number of hydrogen-bond acceptors (Lipinski definition) is 6. The van der Waals surface area contributed by atoms with Crippen molar-refractivity contribution in [2.45, 2.75) is 30.3 Å². The average molecular weight is 484 g/mol.